The number of anilines is 1. The topological polar surface area (TPSA) is 84.5 Å². The van der Waals surface area contributed by atoms with Gasteiger partial charge in [0.1, 0.15) is 11.4 Å². The largest absolute Gasteiger partial charge is 0.496 e. The Hall–Kier alpha value is -4.04. The number of methoxy groups -OCH3 is 1. The number of amides is 2. The molecule has 6 nitrogen and oxygen atoms in total. The normalized spacial score (nSPS) is 11.0. The van der Waals surface area contributed by atoms with E-state index in [0.29, 0.717) is 33.1 Å². The lowest BCUT2D eigenvalue weighted by atomic mass is 10.1. The van der Waals surface area contributed by atoms with Gasteiger partial charge < -0.3 is 15.4 Å². The molecule has 4 rings (SSSR count). The van der Waals surface area contributed by atoms with Crippen LogP contribution in [0.4, 0.5) is 5.69 Å². The molecule has 0 aliphatic carbocycles. The molecule has 4 aromatic carbocycles. The first-order chi connectivity index (χ1) is 19.4. The van der Waals surface area contributed by atoms with Gasteiger partial charge in [0.15, 0.2) is 5.78 Å². The van der Waals surface area contributed by atoms with Gasteiger partial charge in [0, 0.05) is 16.1 Å². The molecule has 0 heterocycles. The molecule has 9 heteroatoms. The third-order valence-electron chi connectivity index (χ3n) is 5.68. The lowest BCUT2D eigenvalue weighted by Gasteiger charge is -2.13. The molecular weight excluding hydrogens is 567 g/mol. The Balaban J connectivity index is 1.52. The van der Waals surface area contributed by atoms with Gasteiger partial charge in [-0.05, 0) is 60.2 Å². The van der Waals surface area contributed by atoms with Gasteiger partial charge in [0.2, 0.25) is 0 Å². The Bertz CT molecular complexity index is 1570. The number of carbonyl (C=O) groups is 3. The van der Waals surface area contributed by atoms with Crippen molar-refractivity contribution in [2.24, 2.45) is 0 Å². The summed E-state index contributed by atoms with van der Waals surface area (Å²) < 4.78 is 5.29. The summed E-state index contributed by atoms with van der Waals surface area (Å²) in [6.45, 7) is 0. The number of ketones is 1. The third-order valence-corrected chi connectivity index (χ3v) is 7.51. The van der Waals surface area contributed by atoms with E-state index in [1.165, 1.54) is 24.9 Å². The van der Waals surface area contributed by atoms with Crippen molar-refractivity contribution in [2.75, 3.05) is 18.2 Å². The van der Waals surface area contributed by atoms with E-state index < -0.39 is 11.8 Å². The second-order valence-corrected chi connectivity index (χ2v) is 10.2. The summed E-state index contributed by atoms with van der Waals surface area (Å²) in [5.74, 6) is -0.398. The summed E-state index contributed by atoms with van der Waals surface area (Å²) in [5.41, 5.74) is 1.81. The molecule has 0 radical (unpaired) electrons. The highest BCUT2D eigenvalue weighted by Gasteiger charge is 2.17. The monoisotopic (exact) mass is 590 g/mol. The summed E-state index contributed by atoms with van der Waals surface area (Å²) in [7, 11) is 1.52. The van der Waals surface area contributed by atoms with Crippen LogP contribution in [-0.4, -0.2) is 30.5 Å². The average molecular weight is 592 g/mol. The zero-order valence-corrected chi connectivity index (χ0v) is 23.6. The summed E-state index contributed by atoms with van der Waals surface area (Å²) in [5, 5.41) is 6.06. The molecule has 0 atom stereocenters. The summed E-state index contributed by atoms with van der Waals surface area (Å²) >= 11 is 13.8. The predicted molar refractivity (Wildman–Crippen MR) is 161 cm³/mol. The van der Waals surface area contributed by atoms with Crippen molar-refractivity contribution in [3.05, 3.63) is 129 Å². The van der Waals surface area contributed by atoms with Gasteiger partial charge in [-0.25, -0.2) is 0 Å². The van der Waals surface area contributed by atoms with E-state index in [1.54, 1.807) is 91.0 Å². The molecule has 2 amide bonds. The number of halogens is 2. The first-order valence-corrected chi connectivity index (χ1v) is 13.8. The van der Waals surface area contributed by atoms with Crippen molar-refractivity contribution in [1.82, 2.24) is 5.32 Å². The third kappa shape index (κ3) is 7.54. The lowest BCUT2D eigenvalue weighted by molar-refractivity contribution is -0.113. The van der Waals surface area contributed by atoms with Crippen molar-refractivity contribution in [3.8, 4) is 5.75 Å². The SMILES string of the molecule is COc1ccccc1C(=O)CSc1cccc(NC(=O)/C(=C/c2cccc(Cl)c2Cl)NC(=O)c2ccccc2)c1. The highest BCUT2D eigenvalue weighted by atomic mass is 35.5. The zero-order valence-electron chi connectivity index (χ0n) is 21.3. The Morgan fingerprint density at radius 2 is 1.60 bits per heavy atom. The number of para-hydroxylation sites is 1. The summed E-state index contributed by atoms with van der Waals surface area (Å²) in [6, 6.07) is 27.7. The van der Waals surface area contributed by atoms with Gasteiger partial charge in [-0.1, -0.05) is 71.7 Å². The van der Waals surface area contributed by atoms with E-state index in [2.05, 4.69) is 10.6 Å². The zero-order chi connectivity index (χ0) is 28.5. The van der Waals surface area contributed by atoms with Crippen LogP contribution in [0.1, 0.15) is 26.3 Å². The number of hydrogen-bond donors (Lipinski definition) is 2. The molecular formula is C31H24Cl2N2O4S. The molecule has 0 unspecified atom stereocenters. The van der Waals surface area contributed by atoms with E-state index in [4.69, 9.17) is 27.9 Å². The average Bonchev–Trinajstić information content (AvgIpc) is 2.98. The van der Waals surface area contributed by atoms with Gasteiger partial charge in [-0.3, -0.25) is 14.4 Å². The van der Waals surface area contributed by atoms with Gasteiger partial charge in [-0.15, -0.1) is 11.8 Å². The van der Waals surface area contributed by atoms with Crippen LogP contribution in [0.3, 0.4) is 0 Å². The molecule has 202 valence electrons. The second-order valence-electron chi connectivity index (χ2n) is 8.42. The maximum absolute atomic E-state index is 13.4. The van der Waals surface area contributed by atoms with Crippen molar-refractivity contribution >= 4 is 64.3 Å². The van der Waals surface area contributed by atoms with Crippen LogP contribution < -0.4 is 15.4 Å². The molecule has 0 aliphatic heterocycles. The van der Waals surface area contributed by atoms with Crippen molar-refractivity contribution in [3.63, 3.8) is 0 Å². The molecule has 0 spiro atoms. The first kappa shape index (κ1) is 29.0. The number of thioether (sulfide) groups is 1. The predicted octanol–water partition coefficient (Wildman–Crippen LogP) is 7.39. The Kier molecular flexibility index (Phi) is 10.0. The standard InChI is InChI=1S/C31H24Cl2N2O4S/c1-39-28-16-6-5-14-24(28)27(36)19-40-23-13-8-12-22(18-23)34-31(38)26(17-21-11-7-15-25(32)29(21)33)35-30(37)20-9-3-2-4-10-20/h2-18H,19H2,1H3,(H,34,38)(H,35,37)/b26-17-. The first-order valence-electron chi connectivity index (χ1n) is 12.1. The minimum Gasteiger partial charge on any atom is -0.496 e. The Morgan fingerprint density at radius 3 is 2.38 bits per heavy atom. The van der Waals surface area contributed by atoms with Gasteiger partial charge in [0.25, 0.3) is 11.8 Å². The number of nitrogens with one attached hydrogen (secondary N) is 2. The van der Waals surface area contributed by atoms with Crippen LogP contribution in [-0.2, 0) is 4.79 Å². The minimum atomic E-state index is -0.562. The molecule has 40 heavy (non-hydrogen) atoms. The van der Waals surface area contributed by atoms with Crippen molar-refractivity contribution in [1.29, 1.82) is 0 Å². The number of hydrogen-bond acceptors (Lipinski definition) is 5. The molecule has 2 N–H and O–H groups in total. The van der Waals surface area contributed by atoms with E-state index in [-0.39, 0.29) is 22.3 Å². The fourth-order valence-electron chi connectivity index (χ4n) is 3.69. The maximum Gasteiger partial charge on any atom is 0.272 e. The molecule has 0 aliphatic rings. The Morgan fingerprint density at radius 1 is 0.875 bits per heavy atom. The molecule has 0 saturated heterocycles. The van der Waals surface area contributed by atoms with Gasteiger partial charge in [-0.2, -0.15) is 0 Å². The molecule has 0 aromatic heterocycles. The highest BCUT2D eigenvalue weighted by molar-refractivity contribution is 8.00. The molecule has 0 saturated carbocycles. The van der Waals surface area contributed by atoms with Crippen molar-refractivity contribution in [2.45, 2.75) is 4.90 Å². The van der Waals surface area contributed by atoms with E-state index >= 15 is 0 Å². The van der Waals surface area contributed by atoms with Crippen LogP contribution in [0.2, 0.25) is 10.0 Å². The molecule has 0 fully saturated rings. The lowest BCUT2D eigenvalue weighted by Crippen LogP contribution is -2.30. The highest BCUT2D eigenvalue weighted by Crippen LogP contribution is 2.28. The quantitative estimate of drug-likeness (QED) is 0.114. The Labute approximate surface area is 246 Å². The minimum absolute atomic E-state index is 0.0255. The number of rotatable bonds is 10. The molecule has 0 bridgehead atoms. The number of carbonyl (C=O) groups excluding carboxylic acids is 3. The summed E-state index contributed by atoms with van der Waals surface area (Å²) in [6.07, 6.45) is 1.47. The second kappa shape index (κ2) is 13.8. The summed E-state index contributed by atoms with van der Waals surface area (Å²) in [4.78, 5) is 39.8. The van der Waals surface area contributed by atoms with Gasteiger partial charge >= 0.3 is 0 Å². The van der Waals surface area contributed by atoms with Crippen LogP contribution in [0.15, 0.2) is 108 Å². The number of benzene rings is 4. The van der Waals surface area contributed by atoms with Crippen LogP contribution in [0.25, 0.3) is 6.08 Å². The van der Waals surface area contributed by atoms with Crippen LogP contribution >= 0.6 is 35.0 Å². The molecule has 4 aromatic rings. The van der Waals surface area contributed by atoms with Crippen LogP contribution in [0.5, 0.6) is 5.75 Å². The fraction of sp³-hybridized carbons (Fsp3) is 0.0645. The van der Waals surface area contributed by atoms with Gasteiger partial charge in [0.05, 0.1) is 28.5 Å². The smallest absolute Gasteiger partial charge is 0.272 e. The van der Waals surface area contributed by atoms with E-state index in [0.717, 1.165) is 4.90 Å². The van der Waals surface area contributed by atoms with Crippen molar-refractivity contribution < 1.29 is 19.1 Å². The van der Waals surface area contributed by atoms with Crippen LogP contribution in [0, 0.1) is 0 Å². The van der Waals surface area contributed by atoms with E-state index in [1.807, 2.05) is 6.07 Å². The maximum atomic E-state index is 13.4. The van der Waals surface area contributed by atoms with E-state index in [9.17, 15) is 14.4 Å². The number of Topliss-reactive ketones (excluding diaryl/α,β-unsaturated/α-hetero) is 1. The fourth-order valence-corrected chi connectivity index (χ4v) is 4.89. The number of ether oxygens (including phenoxy) is 1.